The maximum atomic E-state index is 13.4. The summed E-state index contributed by atoms with van der Waals surface area (Å²) in [5.41, 5.74) is 2.15. The van der Waals surface area contributed by atoms with Crippen molar-refractivity contribution >= 4 is 29.1 Å². The molecule has 3 heterocycles. The minimum absolute atomic E-state index is 0.176. The van der Waals surface area contributed by atoms with Gasteiger partial charge in [-0.3, -0.25) is 9.59 Å². The van der Waals surface area contributed by atoms with Crippen LogP contribution in [0.5, 0.6) is 5.88 Å². The quantitative estimate of drug-likeness (QED) is 0.648. The highest BCUT2D eigenvalue weighted by Gasteiger charge is 2.32. The molecule has 2 aliphatic rings. The highest BCUT2D eigenvalue weighted by molar-refractivity contribution is 6.29. The average molecular weight is 476 g/mol. The van der Waals surface area contributed by atoms with Gasteiger partial charge < -0.3 is 19.7 Å². The number of fused-ring (bicyclic) bond motifs is 1. The SMILES string of the molecule is CC1COc2nc(C(=O)NCC3CCOCC3)c(Cc3ccc(F)cc3)cc2N1C(=O)CCl. The molecule has 1 aromatic carbocycles. The number of hydrogen-bond donors (Lipinski definition) is 1. The standard InChI is InChI=1S/C24H27ClFN3O4/c1-15-14-33-24-20(29(15)21(30)12-25)11-18(10-16-2-4-19(26)5-3-16)22(28-24)23(31)27-13-17-6-8-32-9-7-17/h2-5,11,15,17H,6-10,12-14H2,1H3,(H,27,31). The Morgan fingerprint density at radius 1 is 1.24 bits per heavy atom. The van der Waals surface area contributed by atoms with Gasteiger partial charge in [0.1, 0.15) is 29.7 Å². The number of amides is 2. The number of carbonyl (C=O) groups is 2. The molecule has 0 aliphatic carbocycles. The van der Waals surface area contributed by atoms with Crippen molar-refractivity contribution in [2.24, 2.45) is 5.92 Å². The molecule has 0 saturated carbocycles. The summed E-state index contributed by atoms with van der Waals surface area (Å²) >= 11 is 5.84. The zero-order valence-electron chi connectivity index (χ0n) is 18.5. The van der Waals surface area contributed by atoms with Gasteiger partial charge in [0, 0.05) is 19.8 Å². The molecule has 4 rings (SSSR count). The lowest BCUT2D eigenvalue weighted by Gasteiger charge is -2.34. The smallest absolute Gasteiger partial charge is 0.270 e. The summed E-state index contributed by atoms with van der Waals surface area (Å²) in [5.74, 6) is -0.498. The first-order chi connectivity index (χ1) is 16.0. The largest absolute Gasteiger partial charge is 0.474 e. The second-order valence-electron chi connectivity index (χ2n) is 8.45. The monoisotopic (exact) mass is 475 g/mol. The van der Waals surface area contributed by atoms with Gasteiger partial charge in [0.25, 0.3) is 5.91 Å². The molecule has 0 radical (unpaired) electrons. The van der Waals surface area contributed by atoms with Crippen LogP contribution in [-0.4, -0.2) is 55.1 Å². The lowest BCUT2D eigenvalue weighted by atomic mass is 9.99. The molecule has 1 atom stereocenters. The molecule has 2 aliphatic heterocycles. The van der Waals surface area contributed by atoms with Crippen molar-refractivity contribution < 1.29 is 23.5 Å². The molecule has 0 spiro atoms. The van der Waals surface area contributed by atoms with Crippen LogP contribution >= 0.6 is 11.6 Å². The van der Waals surface area contributed by atoms with E-state index in [0.717, 1.165) is 18.4 Å². The van der Waals surface area contributed by atoms with E-state index in [1.807, 2.05) is 6.92 Å². The summed E-state index contributed by atoms with van der Waals surface area (Å²) in [6.45, 7) is 4.05. The van der Waals surface area contributed by atoms with E-state index in [1.54, 1.807) is 23.1 Å². The summed E-state index contributed by atoms with van der Waals surface area (Å²) in [6, 6.07) is 7.62. The zero-order valence-corrected chi connectivity index (χ0v) is 19.2. The molecule has 7 nitrogen and oxygen atoms in total. The van der Waals surface area contributed by atoms with Gasteiger partial charge in [0.15, 0.2) is 0 Å². The van der Waals surface area contributed by atoms with Gasteiger partial charge in [-0.25, -0.2) is 9.37 Å². The first kappa shape index (κ1) is 23.4. The predicted octanol–water partition coefficient (Wildman–Crippen LogP) is 3.32. The van der Waals surface area contributed by atoms with Crippen LogP contribution in [-0.2, 0) is 16.0 Å². The number of halogens is 2. The van der Waals surface area contributed by atoms with Gasteiger partial charge in [-0.05, 0) is 61.4 Å². The Labute approximate surface area is 197 Å². The van der Waals surface area contributed by atoms with Gasteiger partial charge >= 0.3 is 0 Å². The number of hydrogen-bond acceptors (Lipinski definition) is 5. The first-order valence-electron chi connectivity index (χ1n) is 11.1. The molecular weight excluding hydrogens is 449 g/mol. The molecule has 1 saturated heterocycles. The van der Waals surface area contributed by atoms with Crippen LogP contribution in [0.25, 0.3) is 0 Å². The number of carbonyl (C=O) groups excluding carboxylic acids is 2. The Balaban J connectivity index is 1.67. The van der Waals surface area contributed by atoms with Crippen LogP contribution in [0.3, 0.4) is 0 Å². The van der Waals surface area contributed by atoms with Gasteiger partial charge in [-0.15, -0.1) is 11.6 Å². The van der Waals surface area contributed by atoms with E-state index in [0.29, 0.717) is 43.3 Å². The number of benzene rings is 1. The van der Waals surface area contributed by atoms with E-state index in [1.165, 1.54) is 12.1 Å². The molecule has 9 heteroatoms. The van der Waals surface area contributed by atoms with Crippen LogP contribution in [0.4, 0.5) is 10.1 Å². The highest BCUT2D eigenvalue weighted by atomic mass is 35.5. The summed E-state index contributed by atoms with van der Waals surface area (Å²) in [5, 5.41) is 2.99. The van der Waals surface area contributed by atoms with Crippen molar-refractivity contribution in [3.8, 4) is 5.88 Å². The lowest BCUT2D eigenvalue weighted by molar-refractivity contribution is -0.117. The van der Waals surface area contributed by atoms with Gasteiger partial charge in [0.05, 0.1) is 6.04 Å². The molecule has 0 bridgehead atoms. The number of anilines is 1. The first-order valence-corrected chi connectivity index (χ1v) is 11.6. The van der Waals surface area contributed by atoms with Crippen molar-refractivity contribution in [3.63, 3.8) is 0 Å². The number of nitrogens with zero attached hydrogens (tertiary/aromatic N) is 2. The Morgan fingerprint density at radius 2 is 1.97 bits per heavy atom. The van der Waals surface area contributed by atoms with Crippen LogP contribution in [0.2, 0.25) is 0 Å². The molecule has 1 fully saturated rings. The van der Waals surface area contributed by atoms with Gasteiger partial charge in [0.2, 0.25) is 11.8 Å². The van der Waals surface area contributed by atoms with E-state index in [4.69, 9.17) is 21.1 Å². The molecule has 1 N–H and O–H groups in total. The lowest BCUT2D eigenvalue weighted by Crippen LogP contribution is -2.46. The van der Waals surface area contributed by atoms with Crippen molar-refractivity contribution in [2.45, 2.75) is 32.2 Å². The Hall–Kier alpha value is -2.71. The van der Waals surface area contributed by atoms with Gasteiger partial charge in [-0.1, -0.05) is 12.1 Å². The summed E-state index contributed by atoms with van der Waals surface area (Å²) in [7, 11) is 0. The van der Waals surface area contributed by atoms with E-state index in [2.05, 4.69) is 10.3 Å². The molecule has 1 aromatic heterocycles. The van der Waals surface area contributed by atoms with Gasteiger partial charge in [-0.2, -0.15) is 0 Å². The minimum atomic E-state index is -0.335. The van der Waals surface area contributed by atoms with Crippen molar-refractivity contribution in [2.75, 3.05) is 37.1 Å². The summed E-state index contributed by atoms with van der Waals surface area (Å²) in [4.78, 5) is 31.8. The number of pyridine rings is 1. The Morgan fingerprint density at radius 3 is 2.67 bits per heavy atom. The second kappa shape index (κ2) is 10.5. The predicted molar refractivity (Wildman–Crippen MR) is 122 cm³/mol. The minimum Gasteiger partial charge on any atom is -0.474 e. The second-order valence-corrected chi connectivity index (χ2v) is 8.71. The van der Waals surface area contributed by atoms with E-state index >= 15 is 0 Å². The molecular formula is C24H27ClFN3O4. The Kier molecular flexibility index (Phi) is 7.45. The number of rotatable bonds is 6. The molecule has 1 unspecified atom stereocenters. The van der Waals surface area contributed by atoms with Crippen molar-refractivity contribution in [1.29, 1.82) is 0 Å². The third kappa shape index (κ3) is 5.45. The molecule has 2 amide bonds. The molecule has 176 valence electrons. The van der Waals surface area contributed by atoms with Crippen LogP contribution < -0.4 is 15.0 Å². The van der Waals surface area contributed by atoms with Crippen LogP contribution in [0.15, 0.2) is 30.3 Å². The number of alkyl halides is 1. The summed E-state index contributed by atoms with van der Waals surface area (Å²) < 4.78 is 24.6. The van der Waals surface area contributed by atoms with E-state index in [9.17, 15) is 14.0 Å². The maximum absolute atomic E-state index is 13.4. The van der Waals surface area contributed by atoms with Crippen molar-refractivity contribution in [3.05, 3.63) is 53.0 Å². The van der Waals surface area contributed by atoms with Crippen LogP contribution in [0, 0.1) is 11.7 Å². The average Bonchev–Trinajstić information content (AvgIpc) is 2.83. The number of nitrogens with one attached hydrogen (secondary N) is 1. The fourth-order valence-electron chi connectivity index (χ4n) is 4.19. The fraction of sp³-hybridized carbons (Fsp3) is 0.458. The third-order valence-corrected chi connectivity index (χ3v) is 6.24. The fourth-order valence-corrected chi connectivity index (χ4v) is 4.31. The molecule has 2 aromatic rings. The number of ether oxygens (including phenoxy) is 2. The van der Waals surface area contributed by atoms with E-state index < -0.39 is 0 Å². The summed E-state index contributed by atoms with van der Waals surface area (Å²) in [6.07, 6.45) is 2.14. The maximum Gasteiger partial charge on any atom is 0.270 e. The topological polar surface area (TPSA) is 80.8 Å². The van der Waals surface area contributed by atoms with Crippen LogP contribution in [0.1, 0.15) is 41.4 Å². The van der Waals surface area contributed by atoms with E-state index in [-0.39, 0.29) is 47.7 Å². The number of aromatic nitrogens is 1. The normalized spacial score (nSPS) is 18.4. The zero-order chi connectivity index (χ0) is 23.4. The third-order valence-electron chi connectivity index (χ3n) is 6.01. The highest BCUT2D eigenvalue weighted by Crippen LogP contribution is 2.35. The molecule has 33 heavy (non-hydrogen) atoms. The van der Waals surface area contributed by atoms with Crippen molar-refractivity contribution in [1.82, 2.24) is 10.3 Å². The Bertz CT molecular complexity index is 1010.